The molecule has 2 N–H and O–H groups in total. The lowest BCUT2D eigenvalue weighted by molar-refractivity contribution is 0.0689. The van der Waals surface area contributed by atoms with Gasteiger partial charge in [0.1, 0.15) is 0 Å². The smallest absolute Gasteiger partial charge is 0.360 e. The summed E-state index contributed by atoms with van der Waals surface area (Å²) >= 11 is 3.23. The molecule has 0 aliphatic rings. The predicted molar refractivity (Wildman–Crippen MR) is 57.0 cm³/mol. The van der Waals surface area contributed by atoms with Gasteiger partial charge in [0.25, 0.3) is 5.56 Å². The number of aromatic carboxylic acids is 1. The summed E-state index contributed by atoms with van der Waals surface area (Å²) in [5, 5.41) is 8.70. The number of carbonyl (C=O) groups is 1. The summed E-state index contributed by atoms with van der Waals surface area (Å²) in [7, 11) is 0. The maximum Gasteiger partial charge on any atom is 0.360 e. The van der Waals surface area contributed by atoms with Crippen molar-refractivity contribution in [3.8, 4) is 0 Å². The van der Waals surface area contributed by atoms with E-state index in [0.717, 1.165) is 4.47 Å². The first-order valence-corrected chi connectivity index (χ1v) is 4.80. The molecule has 1 heterocycles. The standard InChI is InChI=1S/C9H5BrN2O3/c10-4-1-2-5-6(3-4)11-7(9(14)15)8(13)12-5/h1-3H,(H,12,13)(H,14,15). The van der Waals surface area contributed by atoms with Crippen molar-refractivity contribution in [1.29, 1.82) is 0 Å². The molecule has 0 unspecified atom stereocenters. The Morgan fingerprint density at radius 3 is 2.87 bits per heavy atom. The van der Waals surface area contributed by atoms with E-state index in [2.05, 4.69) is 25.9 Å². The molecule has 5 nitrogen and oxygen atoms in total. The van der Waals surface area contributed by atoms with Crippen LogP contribution in [0.25, 0.3) is 11.0 Å². The van der Waals surface area contributed by atoms with Gasteiger partial charge in [0.15, 0.2) is 0 Å². The number of aromatic amines is 1. The number of hydrogen-bond donors (Lipinski definition) is 2. The van der Waals surface area contributed by atoms with Gasteiger partial charge in [-0.25, -0.2) is 9.78 Å². The molecule has 1 aromatic heterocycles. The third kappa shape index (κ3) is 1.75. The van der Waals surface area contributed by atoms with Crippen LogP contribution in [0.1, 0.15) is 10.5 Å². The van der Waals surface area contributed by atoms with Crippen molar-refractivity contribution in [3.63, 3.8) is 0 Å². The van der Waals surface area contributed by atoms with Crippen molar-refractivity contribution < 1.29 is 9.90 Å². The summed E-state index contributed by atoms with van der Waals surface area (Å²) in [6.45, 7) is 0. The van der Waals surface area contributed by atoms with Gasteiger partial charge in [-0.05, 0) is 18.2 Å². The Labute approximate surface area is 91.9 Å². The Morgan fingerprint density at radius 2 is 2.20 bits per heavy atom. The van der Waals surface area contributed by atoms with E-state index in [9.17, 15) is 9.59 Å². The van der Waals surface area contributed by atoms with E-state index in [4.69, 9.17) is 5.11 Å². The minimum atomic E-state index is -1.34. The van der Waals surface area contributed by atoms with Gasteiger partial charge in [-0.15, -0.1) is 0 Å². The molecule has 0 atom stereocenters. The molecule has 0 bridgehead atoms. The first-order valence-electron chi connectivity index (χ1n) is 4.01. The number of carboxylic acid groups (broad SMARTS) is 1. The molecular formula is C9H5BrN2O3. The molecule has 15 heavy (non-hydrogen) atoms. The fraction of sp³-hybridized carbons (Fsp3) is 0. The molecule has 1 aromatic carbocycles. The van der Waals surface area contributed by atoms with Gasteiger partial charge in [-0.3, -0.25) is 4.79 Å². The highest BCUT2D eigenvalue weighted by molar-refractivity contribution is 9.10. The van der Waals surface area contributed by atoms with E-state index in [1.807, 2.05) is 0 Å². The number of fused-ring (bicyclic) bond motifs is 1. The molecule has 76 valence electrons. The minimum absolute atomic E-state index is 0.432. The van der Waals surface area contributed by atoms with Crippen LogP contribution in [0.2, 0.25) is 0 Å². The molecule has 0 amide bonds. The van der Waals surface area contributed by atoms with Crippen molar-refractivity contribution in [1.82, 2.24) is 9.97 Å². The molecule has 0 spiro atoms. The van der Waals surface area contributed by atoms with Gasteiger partial charge in [-0.1, -0.05) is 15.9 Å². The molecular weight excluding hydrogens is 264 g/mol. The van der Waals surface area contributed by atoms with E-state index in [1.165, 1.54) is 0 Å². The van der Waals surface area contributed by atoms with Crippen LogP contribution < -0.4 is 5.56 Å². The van der Waals surface area contributed by atoms with Crippen LogP contribution in [0.4, 0.5) is 0 Å². The zero-order chi connectivity index (χ0) is 11.0. The third-order valence-electron chi connectivity index (χ3n) is 1.86. The predicted octanol–water partition coefficient (Wildman–Crippen LogP) is 1.38. The topological polar surface area (TPSA) is 83.0 Å². The van der Waals surface area contributed by atoms with E-state index in [0.29, 0.717) is 11.0 Å². The molecule has 0 aliphatic carbocycles. The van der Waals surface area contributed by atoms with E-state index >= 15 is 0 Å². The highest BCUT2D eigenvalue weighted by Gasteiger charge is 2.11. The number of carboxylic acids is 1. The Bertz CT molecular complexity index is 606. The highest BCUT2D eigenvalue weighted by atomic mass is 79.9. The van der Waals surface area contributed by atoms with Crippen LogP contribution in [0.15, 0.2) is 27.5 Å². The van der Waals surface area contributed by atoms with E-state index in [1.54, 1.807) is 18.2 Å². The quantitative estimate of drug-likeness (QED) is 0.819. The molecule has 2 aromatic rings. The second kappa shape index (κ2) is 3.47. The van der Waals surface area contributed by atoms with Crippen molar-refractivity contribution in [3.05, 3.63) is 38.7 Å². The Morgan fingerprint density at radius 1 is 1.47 bits per heavy atom. The lowest BCUT2D eigenvalue weighted by atomic mass is 10.3. The average Bonchev–Trinajstić information content (AvgIpc) is 2.17. The largest absolute Gasteiger partial charge is 0.476 e. The van der Waals surface area contributed by atoms with Crippen molar-refractivity contribution >= 4 is 32.9 Å². The summed E-state index contributed by atoms with van der Waals surface area (Å²) in [6, 6.07) is 5.03. The number of H-pyrrole nitrogens is 1. The first-order chi connectivity index (χ1) is 7.08. The van der Waals surface area contributed by atoms with Crippen LogP contribution >= 0.6 is 15.9 Å². The van der Waals surface area contributed by atoms with Crippen molar-refractivity contribution in [2.75, 3.05) is 0 Å². The monoisotopic (exact) mass is 268 g/mol. The second-order valence-corrected chi connectivity index (χ2v) is 3.80. The minimum Gasteiger partial charge on any atom is -0.476 e. The van der Waals surface area contributed by atoms with Crippen LogP contribution in [0.5, 0.6) is 0 Å². The molecule has 0 saturated carbocycles. The fourth-order valence-corrected chi connectivity index (χ4v) is 1.55. The summed E-state index contributed by atoms with van der Waals surface area (Å²) in [5.41, 5.74) is -0.257. The molecule has 0 radical (unpaired) electrons. The van der Waals surface area contributed by atoms with Crippen LogP contribution in [-0.4, -0.2) is 21.0 Å². The number of rotatable bonds is 1. The fourth-order valence-electron chi connectivity index (χ4n) is 1.20. The van der Waals surface area contributed by atoms with Crippen molar-refractivity contribution in [2.45, 2.75) is 0 Å². The number of benzene rings is 1. The normalized spacial score (nSPS) is 10.5. The zero-order valence-corrected chi connectivity index (χ0v) is 8.91. The van der Waals surface area contributed by atoms with Gasteiger partial charge < -0.3 is 10.1 Å². The Hall–Kier alpha value is -1.69. The maximum absolute atomic E-state index is 11.2. The highest BCUT2D eigenvalue weighted by Crippen LogP contribution is 2.15. The first kappa shape index (κ1) is 9.85. The molecule has 0 fully saturated rings. The van der Waals surface area contributed by atoms with Crippen molar-refractivity contribution in [2.24, 2.45) is 0 Å². The van der Waals surface area contributed by atoms with Gasteiger partial charge in [0, 0.05) is 4.47 Å². The lowest BCUT2D eigenvalue weighted by Gasteiger charge is -1.99. The van der Waals surface area contributed by atoms with Gasteiger partial charge >= 0.3 is 5.97 Å². The number of hydrogen-bond acceptors (Lipinski definition) is 3. The lowest BCUT2D eigenvalue weighted by Crippen LogP contribution is -2.19. The molecule has 0 aliphatic heterocycles. The SMILES string of the molecule is O=C(O)c1nc2cc(Br)ccc2[nH]c1=O. The van der Waals surface area contributed by atoms with E-state index < -0.39 is 17.2 Å². The molecule has 6 heteroatoms. The number of nitrogens with one attached hydrogen (secondary N) is 1. The van der Waals surface area contributed by atoms with Crippen LogP contribution in [0, 0.1) is 0 Å². The summed E-state index contributed by atoms with van der Waals surface area (Å²) < 4.78 is 0.769. The summed E-state index contributed by atoms with van der Waals surface area (Å²) in [6.07, 6.45) is 0. The maximum atomic E-state index is 11.2. The summed E-state index contributed by atoms with van der Waals surface area (Å²) in [4.78, 5) is 28.1. The van der Waals surface area contributed by atoms with Gasteiger partial charge in [0.2, 0.25) is 5.69 Å². The van der Waals surface area contributed by atoms with Gasteiger partial charge in [-0.2, -0.15) is 0 Å². The second-order valence-electron chi connectivity index (χ2n) is 2.88. The third-order valence-corrected chi connectivity index (χ3v) is 2.35. The number of aromatic nitrogens is 2. The average molecular weight is 269 g/mol. The Balaban J connectivity index is 2.83. The van der Waals surface area contributed by atoms with Crippen LogP contribution in [-0.2, 0) is 0 Å². The zero-order valence-electron chi connectivity index (χ0n) is 7.32. The Kier molecular flexibility index (Phi) is 2.28. The molecule has 0 saturated heterocycles. The van der Waals surface area contributed by atoms with Crippen LogP contribution in [0.3, 0.4) is 0 Å². The number of halogens is 1. The summed E-state index contributed by atoms with van der Waals surface area (Å²) in [5.74, 6) is -1.34. The van der Waals surface area contributed by atoms with Gasteiger partial charge in [0.05, 0.1) is 11.0 Å². The van der Waals surface area contributed by atoms with E-state index in [-0.39, 0.29) is 0 Å². The molecule has 2 rings (SSSR count). The number of nitrogens with zero attached hydrogens (tertiary/aromatic N) is 1.